The van der Waals surface area contributed by atoms with Crippen LogP contribution in [0.25, 0.3) is 0 Å². The van der Waals surface area contributed by atoms with E-state index < -0.39 is 9.84 Å². The molecule has 1 aliphatic carbocycles. The number of aromatic nitrogens is 1. The van der Waals surface area contributed by atoms with E-state index >= 15 is 0 Å². The van der Waals surface area contributed by atoms with Gasteiger partial charge in [-0.25, -0.2) is 8.42 Å². The van der Waals surface area contributed by atoms with Crippen molar-refractivity contribution in [1.29, 1.82) is 0 Å². The largest absolute Gasteiger partial charge is 0.382 e. The van der Waals surface area contributed by atoms with E-state index in [1.165, 1.54) is 25.7 Å². The van der Waals surface area contributed by atoms with Gasteiger partial charge in [-0.05, 0) is 42.6 Å². The number of rotatable bonds is 6. The molecule has 7 heteroatoms. The second-order valence-corrected chi connectivity index (χ2v) is 8.87. The Bertz CT molecular complexity index is 561. The lowest BCUT2D eigenvalue weighted by Crippen LogP contribution is -2.20. The Morgan fingerprint density at radius 3 is 2.62 bits per heavy atom. The van der Waals surface area contributed by atoms with Gasteiger partial charge in [-0.2, -0.15) is 4.37 Å². The number of nitrogens with two attached hydrogens (primary N) is 1. The average Bonchev–Trinajstić information content (AvgIpc) is 2.80. The minimum absolute atomic E-state index is 0.116. The van der Waals surface area contributed by atoms with Crippen LogP contribution < -0.4 is 11.1 Å². The van der Waals surface area contributed by atoms with E-state index in [1.54, 1.807) is 0 Å². The Morgan fingerprint density at radius 2 is 2.00 bits per heavy atom. The number of nitrogen functional groups attached to an aromatic ring is 1. The molecule has 1 aliphatic rings. The van der Waals surface area contributed by atoms with Gasteiger partial charge >= 0.3 is 0 Å². The molecular weight excluding hydrogens is 306 g/mol. The molecule has 0 aromatic carbocycles. The summed E-state index contributed by atoms with van der Waals surface area (Å²) in [4.78, 5) is 0.207. The molecule has 5 nitrogen and oxygen atoms in total. The standard InChI is InChI=1S/C14H25N3O2S2/c1-3-8-21(18,19)12-13(15)17-20-14(12)16-9-11-6-4-10(2)5-7-11/h10-11,16H,3-9H2,1-2H3,(H2,15,17). The Labute approximate surface area is 131 Å². The van der Waals surface area contributed by atoms with E-state index in [0.717, 1.165) is 24.0 Å². The highest BCUT2D eigenvalue weighted by Crippen LogP contribution is 2.34. The summed E-state index contributed by atoms with van der Waals surface area (Å²) < 4.78 is 28.6. The summed E-state index contributed by atoms with van der Waals surface area (Å²) in [5, 5.41) is 3.89. The van der Waals surface area contributed by atoms with Crippen molar-refractivity contribution in [2.75, 3.05) is 23.3 Å². The molecule has 0 atom stereocenters. The van der Waals surface area contributed by atoms with Crippen molar-refractivity contribution in [2.24, 2.45) is 11.8 Å². The molecule has 1 heterocycles. The van der Waals surface area contributed by atoms with Crippen molar-refractivity contribution in [3.05, 3.63) is 0 Å². The van der Waals surface area contributed by atoms with Crippen LogP contribution in [0.2, 0.25) is 0 Å². The van der Waals surface area contributed by atoms with Crippen LogP contribution in [0, 0.1) is 11.8 Å². The fraction of sp³-hybridized carbons (Fsp3) is 0.786. The first-order valence-electron chi connectivity index (χ1n) is 7.65. The number of sulfone groups is 1. The number of nitrogens with zero attached hydrogens (tertiary/aromatic N) is 1. The molecule has 0 spiro atoms. The summed E-state index contributed by atoms with van der Waals surface area (Å²) in [6, 6.07) is 0. The normalized spacial score (nSPS) is 23.1. The fourth-order valence-corrected chi connectivity index (χ4v) is 5.48. The minimum Gasteiger partial charge on any atom is -0.382 e. The molecule has 120 valence electrons. The zero-order valence-corrected chi connectivity index (χ0v) is 14.4. The average molecular weight is 332 g/mol. The van der Waals surface area contributed by atoms with Crippen LogP contribution in [0.1, 0.15) is 46.0 Å². The number of hydrogen-bond donors (Lipinski definition) is 2. The van der Waals surface area contributed by atoms with E-state index in [1.807, 2.05) is 6.92 Å². The maximum absolute atomic E-state index is 12.3. The first-order valence-corrected chi connectivity index (χ1v) is 10.1. The summed E-state index contributed by atoms with van der Waals surface area (Å²) in [5.41, 5.74) is 5.76. The van der Waals surface area contributed by atoms with Gasteiger partial charge in [0.25, 0.3) is 0 Å². The van der Waals surface area contributed by atoms with Gasteiger partial charge in [0.15, 0.2) is 15.7 Å². The third-order valence-electron chi connectivity index (χ3n) is 4.14. The van der Waals surface area contributed by atoms with E-state index in [-0.39, 0.29) is 16.5 Å². The second kappa shape index (κ2) is 6.96. The molecule has 0 aliphatic heterocycles. The van der Waals surface area contributed by atoms with Gasteiger partial charge in [-0.15, -0.1) is 0 Å². The molecule has 21 heavy (non-hydrogen) atoms. The maximum Gasteiger partial charge on any atom is 0.185 e. The summed E-state index contributed by atoms with van der Waals surface area (Å²) in [6.45, 7) is 4.95. The molecule has 1 aromatic rings. The zero-order chi connectivity index (χ0) is 15.5. The monoisotopic (exact) mass is 331 g/mol. The van der Waals surface area contributed by atoms with Crippen molar-refractivity contribution >= 4 is 32.2 Å². The molecule has 0 saturated heterocycles. The van der Waals surface area contributed by atoms with Crippen LogP contribution >= 0.6 is 11.5 Å². The van der Waals surface area contributed by atoms with E-state index in [4.69, 9.17) is 5.73 Å². The van der Waals surface area contributed by atoms with Crippen molar-refractivity contribution < 1.29 is 8.42 Å². The quantitative estimate of drug-likeness (QED) is 0.836. The van der Waals surface area contributed by atoms with Crippen molar-refractivity contribution in [2.45, 2.75) is 50.8 Å². The number of nitrogens with one attached hydrogen (secondary N) is 1. The lowest BCUT2D eigenvalue weighted by atomic mass is 9.83. The van der Waals surface area contributed by atoms with Gasteiger partial charge in [0.2, 0.25) is 0 Å². The van der Waals surface area contributed by atoms with Crippen molar-refractivity contribution in [3.63, 3.8) is 0 Å². The highest BCUT2D eigenvalue weighted by atomic mass is 32.2. The molecule has 1 aromatic heterocycles. The van der Waals surface area contributed by atoms with Crippen LogP contribution in [0.15, 0.2) is 4.90 Å². The highest BCUT2D eigenvalue weighted by Gasteiger charge is 2.25. The summed E-state index contributed by atoms with van der Waals surface area (Å²) >= 11 is 1.15. The van der Waals surface area contributed by atoms with Crippen LogP contribution in [-0.2, 0) is 9.84 Å². The molecule has 0 amide bonds. The van der Waals surface area contributed by atoms with E-state index in [2.05, 4.69) is 16.6 Å². The van der Waals surface area contributed by atoms with Crippen LogP contribution in [-0.4, -0.2) is 25.1 Å². The topological polar surface area (TPSA) is 85.1 Å². The first-order chi connectivity index (χ1) is 9.94. The minimum atomic E-state index is -3.33. The highest BCUT2D eigenvalue weighted by molar-refractivity contribution is 7.91. The second-order valence-electron chi connectivity index (χ2n) is 6.05. The van der Waals surface area contributed by atoms with Crippen LogP contribution in [0.5, 0.6) is 0 Å². The number of anilines is 2. The van der Waals surface area contributed by atoms with Crippen molar-refractivity contribution in [3.8, 4) is 0 Å². The Balaban J connectivity index is 2.04. The maximum atomic E-state index is 12.3. The zero-order valence-electron chi connectivity index (χ0n) is 12.8. The van der Waals surface area contributed by atoms with Crippen LogP contribution in [0.3, 0.4) is 0 Å². The van der Waals surface area contributed by atoms with Gasteiger partial charge in [-0.1, -0.05) is 26.7 Å². The Hall–Kier alpha value is -0.820. The third kappa shape index (κ3) is 4.10. The van der Waals surface area contributed by atoms with E-state index in [0.29, 0.717) is 17.3 Å². The molecule has 0 radical (unpaired) electrons. The molecule has 2 rings (SSSR count). The molecule has 0 bridgehead atoms. The van der Waals surface area contributed by atoms with Gasteiger partial charge in [0, 0.05) is 6.54 Å². The summed E-state index contributed by atoms with van der Waals surface area (Å²) in [5.74, 6) is 1.69. The molecular formula is C14H25N3O2S2. The van der Waals surface area contributed by atoms with Gasteiger partial charge in [0.1, 0.15) is 9.90 Å². The van der Waals surface area contributed by atoms with E-state index in [9.17, 15) is 8.42 Å². The van der Waals surface area contributed by atoms with Gasteiger partial charge in [0.05, 0.1) is 5.75 Å². The molecule has 3 N–H and O–H groups in total. The molecule has 0 unspecified atom stereocenters. The predicted molar refractivity (Wildman–Crippen MR) is 88.5 cm³/mol. The SMILES string of the molecule is CCCS(=O)(=O)c1c(N)nsc1NCC1CCC(C)CC1. The van der Waals surface area contributed by atoms with Crippen LogP contribution in [0.4, 0.5) is 10.8 Å². The Kier molecular flexibility index (Phi) is 5.48. The Morgan fingerprint density at radius 1 is 1.33 bits per heavy atom. The summed E-state index contributed by atoms with van der Waals surface area (Å²) in [6.07, 6.45) is 5.52. The first kappa shape index (κ1) is 16.5. The summed E-state index contributed by atoms with van der Waals surface area (Å²) in [7, 11) is -3.33. The van der Waals surface area contributed by atoms with Gasteiger partial charge in [-0.3, -0.25) is 0 Å². The predicted octanol–water partition coefficient (Wildman–Crippen LogP) is 3.15. The van der Waals surface area contributed by atoms with Gasteiger partial charge < -0.3 is 11.1 Å². The third-order valence-corrected chi connectivity index (χ3v) is 7.07. The smallest absolute Gasteiger partial charge is 0.185 e. The molecule has 1 saturated carbocycles. The lowest BCUT2D eigenvalue weighted by molar-refractivity contribution is 0.300. The lowest BCUT2D eigenvalue weighted by Gasteiger charge is -2.26. The number of hydrogen-bond acceptors (Lipinski definition) is 6. The van der Waals surface area contributed by atoms with Crippen molar-refractivity contribution in [1.82, 2.24) is 4.37 Å². The fourth-order valence-electron chi connectivity index (χ4n) is 2.85. The molecule has 1 fully saturated rings.